The number of aromatic nitrogens is 1. The van der Waals surface area contributed by atoms with E-state index >= 15 is 0 Å². The van der Waals surface area contributed by atoms with Gasteiger partial charge in [-0.15, -0.1) is 11.3 Å². The molecule has 1 amide bonds. The molecule has 1 fully saturated rings. The third-order valence-electron chi connectivity index (χ3n) is 1.86. The molecule has 1 aliphatic heterocycles. The maximum Gasteiger partial charge on any atom is 0.235 e. The van der Waals surface area contributed by atoms with Gasteiger partial charge in [-0.05, 0) is 7.05 Å². The lowest BCUT2D eigenvalue weighted by molar-refractivity contribution is -0.118. The average Bonchev–Trinajstić information content (AvgIpc) is 2.58. The predicted molar refractivity (Wildman–Crippen MR) is 45.6 cm³/mol. The SMILES string of the molecule is CN1CC(=O)NC1c1cscn1. The third kappa shape index (κ3) is 1.21. The van der Waals surface area contributed by atoms with Crippen LogP contribution in [0.2, 0.25) is 0 Å². The molecule has 1 aliphatic rings. The molecule has 1 aromatic rings. The van der Waals surface area contributed by atoms with Gasteiger partial charge in [0.1, 0.15) is 6.17 Å². The van der Waals surface area contributed by atoms with Gasteiger partial charge >= 0.3 is 0 Å². The number of carbonyl (C=O) groups is 1. The second-order valence-electron chi connectivity index (χ2n) is 2.80. The molecule has 1 atom stereocenters. The summed E-state index contributed by atoms with van der Waals surface area (Å²) in [6, 6.07) is 0. The second kappa shape index (κ2) is 2.84. The first-order valence-corrected chi connectivity index (χ1v) is 4.59. The van der Waals surface area contributed by atoms with Crippen LogP contribution in [0, 0.1) is 0 Å². The molecular weight excluding hydrogens is 174 g/mol. The molecule has 0 bridgehead atoms. The van der Waals surface area contributed by atoms with E-state index in [2.05, 4.69) is 10.3 Å². The van der Waals surface area contributed by atoms with Crippen molar-refractivity contribution in [2.75, 3.05) is 13.6 Å². The molecule has 2 heterocycles. The van der Waals surface area contributed by atoms with Gasteiger partial charge in [-0.25, -0.2) is 4.98 Å². The number of nitrogens with one attached hydrogen (secondary N) is 1. The number of amides is 1. The van der Waals surface area contributed by atoms with Crippen LogP contribution < -0.4 is 5.32 Å². The van der Waals surface area contributed by atoms with Gasteiger partial charge in [0, 0.05) is 5.38 Å². The minimum Gasteiger partial charge on any atom is -0.334 e. The molecule has 12 heavy (non-hydrogen) atoms. The normalized spacial score (nSPS) is 24.4. The van der Waals surface area contributed by atoms with Crippen molar-refractivity contribution in [2.45, 2.75) is 6.17 Å². The minimum absolute atomic E-state index is 0.0243. The largest absolute Gasteiger partial charge is 0.334 e. The molecule has 5 heteroatoms. The second-order valence-corrected chi connectivity index (χ2v) is 3.52. The van der Waals surface area contributed by atoms with E-state index in [4.69, 9.17) is 0 Å². The van der Waals surface area contributed by atoms with Crippen molar-refractivity contribution < 1.29 is 4.79 Å². The van der Waals surface area contributed by atoms with Gasteiger partial charge in [0.15, 0.2) is 0 Å². The van der Waals surface area contributed by atoms with Crippen molar-refractivity contribution in [3.63, 3.8) is 0 Å². The Bertz CT molecular complexity index is 285. The number of hydrogen-bond donors (Lipinski definition) is 1. The van der Waals surface area contributed by atoms with Gasteiger partial charge in [-0.1, -0.05) is 0 Å². The van der Waals surface area contributed by atoms with Gasteiger partial charge in [0.05, 0.1) is 17.7 Å². The highest BCUT2D eigenvalue weighted by molar-refractivity contribution is 7.07. The monoisotopic (exact) mass is 183 g/mol. The summed E-state index contributed by atoms with van der Waals surface area (Å²) in [5, 5.41) is 4.79. The Morgan fingerprint density at radius 3 is 3.17 bits per heavy atom. The Balaban J connectivity index is 2.20. The molecule has 1 N–H and O–H groups in total. The number of carbonyl (C=O) groups excluding carboxylic acids is 1. The topological polar surface area (TPSA) is 45.2 Å². The van der Waals surface area contributed by atoms with E-state index in [1.165, 1.54) is 0 Å². The van der Waals surface area contributed by atoms with Crippen LogP contribution in [0.5, 0.6) is 0 Å². The lowest BCUT2D eigenvalue weighted by atomic mass is 10.4. The van der Waals surface area contributed by atoms with Crippen LogP contribution in [0.4, 0.5) is 0 Å². The fourth-order valence-corrected chi connectivity index (χ4v) is 1.86. The molecule has 0 saturated carbocycles. The molecule has 4 nitrogen and oxygen atoms in total. The summed E-state index contributed by atoms with van der Waals surface area (Å²) in [5.74, 6) is 0.0653. The summed E-state index contributed by atoms with van der Waals surface area (Å²) in [4.78, 5) is 17.1. The molecular formula is C7H9N3OS. The van der Waals surface area contributed by atoms with E-state index in [-0.39, 0.29) is 12.1 Å². The summed E-state index contributed by atoms with van der Waals surface area (Å²) in [7, 11) is 1.90. The van der Waals surface area contributed by atoms with Crippen molar-refractivity contribution in [1.82, 2.24) is 15.2 Å². The fourth-order valence-electron chi connectivity index (χ4n) is 1.28. The highest BCUT2D eigenvalue weighted by Crippen LogP contribution is 2.19. The van der Waals surface area contributed by atoms with Crippen molar-refractivity contribution >= 4 is 17.2 Å². The highest BCUT2D eigenvalue weighted by Gasteiger charge is 2.28. The third-order valence-corrected chi connectivity index (χ3v) is 2.47. The van der Waals surface area contributed by atoms with Crippen LogP contribution in [-0.2, 0) is 4.79 Å². The number of nitrogens with zero attached hydrogens (tertiary/aromatic N) is 2. The molecule has 0 radical (unpaired) electrons. The van der Waals surface area contributed by atoms with Gasteiger partial charge in [0.25, 0.3) is 0 Å². The molecule has 64 valence electrons. The summed E-state index contributed by atoms with van der Waals surface area (Å²) in [5.41, 5.74) is 2.70. The van der Waals surface area contributed by atoms with Crippen molar-refractivity contribution in [2.24, 2.45) is 0 Å². The van der Waals surface area contributed by atoms with Crippen LogP contribution in [0.1, 0.15) is 11.9 Å². The first-order valence-electron chi connectivity index (χ1n) is 3.65. The van der Waals surface area contributed by atoms with Gasteiger partial charge in [0.2, 0.25) is 5.91 Å². The van der Waals surface area contributed by atoms with Crippen LogP contribution in [0.3, 0.4) is 0 Å². The number of likely N-dealkylation sites (N-methyl/N-ethyl adjacent to an activating group) is 1. The zero-order valence-electron chi connectivity index (χ0n) is 6.65. The van der Waals surface area contributed by atoms with Gasteiger partial charge in [-0.2, -0.15) is 0 Å². The van der Waals surface area contributed by atoms with E-state index in [0.29, 0.717) is 6.54 Å². The maximum atomic E-state index is 11.0. The summed E-state index contributed by atoms with van der Waals surface area (Å²) in [6.45, 7) is 0.461. The standard InChI is InChI=1S/C7H9N3OS/c1-10-2-6(11)9-7(10)5-3-12-4-8-5/h3-4,7H,2H2,1H3,(H,9,11). The maximum absolute atomic E-state index is 11.0. The smallest absolute Gasteiger partial charge is 0.235 e. The molecule has 0 spiro atoms. The van der Waals surface area contributed by atoms with Crippen LogP contribution in [-0.4, -0.2) is 29.4 Å². The van der Waals surface area contributed by atoms with E-state index in [1.807, 2.05) is 17.3 Å². The fraction of sp³-hybridized carbons (Fsp3) is 0.429. The van der Waals surface area contributed by atoms with Gasteiger partial charge < -0.3 is 5.32 Å². The van der Waals surface area contributed by atoms with Crippen LogP contribution >= 0.6 is 11.3 Å². The van der Waals surface area contributed by atoms with Crippen molar-refractivity contribution in [3.05, 3.63) is 16.6 Å². The Morgan fingerprint density at radius 2 is 2.67 bits per heavy atom. The Hall–Kier alpha value is -0.940. The molecule has 1 aromatic heterocycles. The molecule has 2 rings (SSSR count). The van der Waals surface area contributed by atoms with Crippen molar-refractivity contribution in [1.29, 1.82) is 0 Å². The minimum atomic E-state index is -0.0243. The number of rotatable bonds is 1. The summed E-state index contributed by atoms with van der Waals surface area (Å²) < 4.78 is 0. The van der Waals surface area contributed by atoms with E-state index < -0.39 is 0 Å². The Kier molecular flexibility index (Phi) is 1.82. The lowest BCUT2D eigenvalue weighted by Crippen LogP contribution is -2.24. The Labute approximate surface area is 74.2 Å². The Morgan fingerprint density at radius 1 is 1.83 bits per heavy atom. The predicted octanol–water partition coefficient (Wildman–Crippen LogP) is 0.203. The molecule has 1 unspecified atom stereocenters. The quantitative estimate of drug-likeness (QED) is 0.676. The van der Waals surface area contributed by atoms with E-state index in [1.54, 1.807) is 16.8 Å². The van der Waals surface area contributed by atoms with E-state index in [0.717, 1.165) is 5.69 Å². The van der Waals surface area contributed by atoms with E-state index in [9.17, 15) is 4.79 Å². The first kappa shape index (κ1) is 7.70. The summed E-state index contributed by atoms with van der Waals surface area (Å²) in [6.07, 6.45) is -0.0243. The van der Waals surface area contributed by atoms with Gasteiger partial charge in [-0.3, -0.25) is 9.69 Å². The molecule has 0 aromatic carbocycles. The van der Waals surface area contributed by atoms with Crippen LogP contribution in [0.25, 0.3) is 0 Å². The molecule has 1 saturated heterocycles. The zero-order chi connectivity index (χ0) is 8.55. The summed E-state index contributed by atoms with van der Waals surface area (Å²) >= 11 is 1.54. The number of thiazole rings is 1. The highest BCUT2D eigenvalue weighted by atomic mass is 32.1. The van der Waals surface area contributed by atoms with Crippen molar-refractivity contribution in [3.8, 4) is 0 Å². The number of hydrogen-bond acceptors (Lipinski definition) is 4. The first-order chi connectivity index (χ1) is 5.77. The van der Waals surface area contributed by atoms with Crippen LogP contribution in [0.15, 0.2) is 10.9 Å². The lowest BCUT2D eigenvalue weighted by Gasteiger charge is -2.15. The average molecular weight is 183 g/mol. The zero-order valence-corrected chi connectivity index (χ0v) is 7.47. The molecule has 0 aliphatic carbocycles.